The van der Waals surface area contributed by atoms with Crippen LogP contribution in [0.25, 0.3) is 33.7 Å². The van der Waals surface area contributed by atoms with Gasteiger partial charge in [0, 0.05) is 0 Å². The number of aromatic nitrogens is 5. The van der Waals surface area contributed by atoms with Crippen LogP contribution < -0.4 is 15.0 Å². The number of hydrogen-bond donors (Lipinski definition) is 4. The van der Waals surface area contributed by atoms with Crippen molar-refractivity contribution in [3.05, 3.63) is 52.8 Å². The standard InChI is InChI=1S/C20H17N5O6/c1-2-30-14-9-11(10-4-3-5-12(8-10)31-20(29)19(27)28)6-7-13(14)16-21-17-15(18(26)22-16)23-25-24-17/h3-9,20,29H,2H2,1H3,(H,27,28)(H2,21,22,23,24,25,26)/t20-/m1/s1. The Morgan fingerprint density at radius 2 is 2.00 bits per heavy atom. The summed E-state index contributed by atoms with van der Waals surface area (Å²) in [5.41, 5.74) is 1.95. The zero-order chi connectivity index (χ0) is 22.0. The molecule has 0 unspecified atom stereocenters. The number of carboxylic acid groups (broad SMARTS) is 1. The van der Waals surface area contributed by atoms with Gasteiger partial charge >= 0.3 is 5.97 Å². The van der Waals surface area contributed by atoms with Gasteiger partial charge in [0.1, 0.15) is 17.3 Å². The Hall–Kier alpha value is -4.25. The van der Waals surface area contributed by atoms with Gasteiger partial charge in [-0.05, 0) is 42.3 Å². The van der Waals surface area contributed by atoms with Crippen molar-refractivity contribution in [1.29, 1.82) is 0 Å². The number of carbonyl (C=O) groups is 1. The van der Waals surface area contributed by atoms with E-state index >= 15 is 0 Å². The second-order valence-corrected chi connectivity index (χ2v) is 6.40. The zero-order valence-corrected chi connectivity index (χ0v) is 16.2. The van der Waals surface area contributed by atoms with Crippen LogP contribution in [0.4, 0.5) is 0 Å². The summed E-state index contributed by atoms with van der Waals surface area (Å²) in [5, 5.41) is 28.1. The van der Waals surface area contributed by atoms with Gasteiger partial charge in [-0.3, -0.25) is 4.79 Å². The molecule has 0 radical (unpaired) electrons. The van der Waals surface area contributed by atoms with Crippen molar-refractivity contribution in [3.63, 3.8) is 0 Å². The number of aliphatic hydroxyl groups excluding tert-OH is 1. The lowest BCUT2D eigenvalue weighted by molar-refractivity contribution is -0.162. The maximum atomic E-state index is 12.2. The fourth-order valence-electron chi connectivity index (χ4n) is 2.99. The molecule has 2 aromatic heterocycles. The largest absolute Gasteiger partial charge is 0.493 e. The molecule has 11 nitrogen and oxygen atoms in total. The number of fused-ring (bicyclic) bond motifs is 1. The molecule has 11 heteroatoms. The van der Waals surface area contributed by atoms with E-state index in [1.54, 1.807) is 36.4 Å². The molecule has 0 spiro atoms. The normalized spacial score (nSPS) is 11.9. The van der Waals surface area contributed by atoms with Crippen LogP contribution in [-0.4, -0.2) is 54.5 Å². The van der Waals surface area contributed by atoms with Gasteiger partial charge in [-0.1, -0.05) is 23.4 Å². The lowest BCUT2D eigenvalue weighted by Gasteiger charge is -2.13. The number of ether oxygens (including phenoxy) is 2. The zero-order valence-electron chi connectivity index (χ0n) is 16.2. The number of benzene rings is 2. The highest BCUT2D eigenvalue weighted by molar-refractivity contribution is 5.77. The Morgan fingerprint density at radius 3 is 2.77 bits per heavy atom. The molecule has 2 aromatic carbocycles. The van der Waals surface area contributed by atoms with E-state index in [2.05, 4.69) is 25.4 Å². The van der Waals surface area contributed by atoms with E-state index in [4.69, 9.17) is 14.6 Å². The predicted molar refractivity (Wildman–Crippen MR) is 109 cm³/mol. The van der Waals surface area contributed by atoms with E-state index in [-0.39, 0.29) is 16.9 Å². The molecule has 158 valence electrons. The molecule has 0 saturated heterocycles. The van der Waals surface area contributed by atoms with Gasteiger partial charge in [0.05, 0.1) is 12.2 Å². The summed E-state index contributed by atoms with van der Waals surface area (Å²) in [5.74, 6) is -0.524. The molecule has 1 atom stereocenters. The topological polar surface area (TPSA) is 163 Å². The first-order valence-corrected chi connectivity index (χ1v) is 9.22. The Balaban J connectivity index is 1.74. The Bertz CT molecular complexity index is 1310. The smallest absolute Gasteiger partial charge is 0.373 e. The summed E-state index contributed by atoms with van der Waals surface area (Å²) in [6, 6.07) is 11.9. The minimum Gasteiger partial charge on any atom is -0.493 e. The molecule has 0 aliphatic rings. The molecule has 31 heavy (non-hydrogen) atoms. The van der Waals surface area contributed by atoms with Crippen LogP contribution >= 0.6 is 0 Å². The Kier molecular flexibility index (Phi) is 5.33. The SMILES string of the molecule is CCOc1cc(-c2cccc(O[C@@H](O)C(=O)O)c2)ccc1-c1nc2[nH]nnc2c(=O)[nH]1. The molecular weight excluding hydrogens is 406 g/mol. The molecule has 0 amide bonds. The van der Waals surface area contributed by atoms with Crippen molar-refractivity contribution in [2.45, 2.75) is 13.2 Å². The minimum atomic E-state index is -1.97. The van der Waals surface area contributed by atoms with Crippen molar-refractivity contribution in [3.8, 4) is 34.0 Å². The van der Waals surface area contributed by atoms with Gasteiger partial charge in [0.15, 0.2) is 11.2 Å². The summed E-state index contributed by atoms with van der Waals surface area (Å²) in [6.07, 6.45) is -1.97. The fourth-order valence-corrected chi connectivity index (χ4v) is 2.99. The van der Waals surface area contributed by atoms with Crippen molar-refractivity contribution >= 4 is 17.1 Å². The number of rotatable bonds is 7. The molecule has 2 heterocycles. The first-order valence-electron chi connectivity index (χ1n) is 9.22. The van der Waals surface area contributed by atoms with Gasteiger partial charge in [-0.25, -0.2) is 14.9 Å². The van der Waals surface area contributed by atoms with E-state index in [1.165, 1.54) is 6.07 Å². The van der Waals surface area contributed by atoms with Crippen LogP contribution in [0.15, 0.2) is 47.3 Å². The third-order valence-electron chi connectivity index (χ3n) is 4.36. The number of aliphatic hydroxyl groups is 1. The molecule has 0 fully saturated rings. The highest BCUT2D eigenvalue weighted by Crippen LogP contribution is 2.34. The van der Waals surface area contributed by atoms with E-state index in [9.17, 15) is 14.7 Å². The molecular formula is C20H17N5O6. The van der Waals surface area contributed by atoms with Crippen LogP contribution in [0.2, 0.25) is 0 Å². The van der Waals surface area contributed by atoms with E-state index in [0.717, 1.165) is 5.56 Å². The summed E-state index contributed by atoms with van der Waals surface area (Å²) >= 11 is 0. The van der Waals surface area contributed by atoms with Crippen LogP contribution in [0.1, 0.15) is 6.92 Å². The fraction of sp³-hybridized carbons (Fsp3) is 0.150. The molecule has 0 aliphatic carbocycles. The number of aromatic amines is 2. The van der Waals surface area contributed by atoms with E-state index in [0.29, 0.717) is 29.3 Å². The van der Waals surface area contributed by atoms with Crippen molar-refractivity contribution < 1.29 is 24.5 Å². The lowest BCUT2D eigenvalue weighted by atomic mass is 10.0. The average Bonchev–Trinajstić information content (AvgIpc) is 3.23. The first kappa shape index (κ1) is 20.0. The summed E-state index contributed by atoms with van der Waals surface area (Å²) < 4.78 is 10.8. The van der Waals surface area contributed by atoms with Gasteiger partial charge in [-0.15, -0.1) is 5.10 Å². The van der Waals surface area contributed by atoms with Crippen molar-refractivity contribution in [1.82, 2.24) is 25.4 Å². The molecule has 4 N–H and O–H groups in total. The molecule has 4 rings (SSSR count). The quantitative estimate of drug-likeness (QED) is 0.323. The molecule has 0 bridgehead atoms. The highest BCUT2D eigenvalue weighted by Gasteiger charge is 2.16. The summed E-state index contributed by atoms with van der Waals surface area (Å²) in [7, 11) is 0. The number of nitrogens with zero attached hydrogens (tertiary/aromatic N) is 3. The number of aliphatic carboxylic acids is 1. The second-order valence-electron chi connectivity index (χ2n) is 6.40. The average molecular weight is 423 g/mol. The maximum Gasteiger partial charge on any atom is 0.373 e. The van der Waals surface area contributed by atoms with Gasteiger partial charge < -0.3 is 24.7 Å². The molecule has 4 aromatic rings. The Labute approximate surface area is 174 Å². The van der Waals surface area contributed by atoms with Crippen molar-refractivity contribution in [2.75, 3.05) is 6.61 Å². The number of H-pyrrole nitrogens is 2. The third-order valence-corrected chi connectivity index (χ3v) is 4.36. The Morgan fingerprint density at radius 1 is 1.19 bits per heavy atom. The predicted octanol–water partition coefficient (Wildman–Crippen LogP) is 1.56. The number of nitrogens with one attached hydrogen (secondary N) is 2. The van der Waals surface area contributed by atoms with Crippen molar-refractivity contribution in [2.24, 2.45) is 0 Å². The van der Waals surface area contributed by atoms with Crippen LogP contribution in [0.5, 0.6) is 11.5 Å². The van der Waals surface area contributed by atoms with Crippen LogP contribution in [0.3, 0.4) is 0 Å². The number of carboxylic acids is 1. The highest BCUT2D eigenvalue weighted by atomic mass is 16.6. The van der Waals surface area contributed by atoms with Crippen LogP contribution in [-0.2, 0) is 4.79 Å². The summed E-state index contributed by atoms with van der Waals surface area (Å²) in [6.45, 7) is 2.21. The van der Waals surface area contributed by atoms with Gasteiger partial charge in [-0.2, -0.15) is 0 Å². The summed E-state index contributed by atoms with van der Waals surface area (Å²) in [4.78, 5) is 30.1. The minimum absolute atomic E-state index is 0.110. The second kappa shape index (κ2) is 8.24. The van der Waals surface area contributed by atoms with Gasteiger partial charge in [0.25, 0.3) is 11.8 Å². The monoisotopic (exact) mass is 423 g/mol. The lowest BCUT2D eigenvalue weighted by Crippen LogP contribution is -2.26. The molecule has 0 saturated carbocycles. The van der Waals surface area contributed by atoms with Crippen LogP contribution in [0, 0.1) is 0 Å². The number of hydrogen-bond acceptors (Lipinski definition) is 8. The maximum absolute atomic E-state index is 12.2. The molecule has 0 aliphatic heterocycles. The van der Waals surface area contributed by atoms with Gasteiger partial charge in [0.2, 0.25) is 0 Å². The van der Waals surface area contributed by atoms with E-state index < -0.39 is 17.8 Å². The third kappa shape index (κ3) is 4.07. The first-order chi connectivity index (χ1) is 15.0. The van der Waals surface area contributed by atoms with E-state index in [1.807, 2.05) is 6.92 Å².